The molecule has 3 rings (SSSR count). The molecule has 2 N–H and O–H groups in total. The Hall–Kier alpha value is -2.91. The molecule has 0 saturated carbocycles. The maximum atomic E-state index is 13.0. The molecule has 0 fully saturated rings. The standard InChI is InChI=1S/C25H33N3O5S/c1-6-33-25(31)22-19-12-7-15(2)13-20(19)34-24(22)27-23(30)16(3)28(4)14-21(29)26-17-8-10-18(32-5)11-9-17/h8-11,15-16H,6-7,12-14H2,1-5H3,(H,26,29)(H,27,30)/t15-,16-/m0/s1. The maximum absolute atomic E-state index is 13.0. The number of methoxy groups -OCH3 is 1. The molecule has 2 amide bonds. The second-order valence-electron chi connectivity index (χ2n) is 8.63. The summed E-state index contributed by atoms with van der Waals surface area (Å²) in [6.45, 7) is 6.00. The number of anilines is 2. The topological polar surface area (TPSA) is 97.0 Å². The third-order valence-electron chi connectivity index (χ3n) is 6.04. The fourth-order valence-electron chi connectivity index (χ4n) is 3.91. The first kappa shape index (κ1) is 25.7. The number of nitrogens with zero attached hydrogens (tertiary/aromatic N) is 1. The van der Waals surface area contributed by atoms with E-state index in [4.69, 9.17) is 9.47 Å². The van der Waals surface area contributed by atoms with E-state index in [0.29, 0.717) is 27.9 Å². The first-order chi connectivity index (χ1) is 16.2. The monoisotopic (exact) mass is 487 g/mol. The van der Waals surface area contributed by atoms with Crippen LogP contribution in [0.2, 0.25) is 0 Å². The average Bonchev–Trinajstić information content (AvgIpc) is 3.15. The number of fused-ring (bicyclic) bond motifs is 1. The largest absolute Gasteiger partial charge is 0.497 e. The number of hydrogen-bond donors (Lipinski definition) is 2. The Labute approximate surface area is 204 Å². The van der Waals surface area contributed by atoms with Gasteiger partial charge in [-0.25, -0.2) is 4.79 Å². The molecule has 184 valence electrons. The van der Waals surface area contributed by atoms with Gasteiger partial charge in [-0.2, -0.15) is 0 Å². The van der Waals surface area contributed by atoms with Gasteiger partial charge in [-0.1, -0.05) is 6.92 Å². The van der Waals surface area contributed by atoms with E-state index in [9.17, 15) is 14.4 Å². The van der Waals surface area contributed by atoms with Crippen LogP contribution in [0.3, 0.4) is 0 Å². The Morgan fingerprint density at radius 1 is 1.21 bits per heavy atom. The normalized spacial score (nSPS) is 15.9. The lowest BCUT2D eigenvalue weighted by molar-refractivity contribution is -0.122. The molecule has 1 heterocycles. The zero-order valence-electron chi connectivity index (χ0n) is 20.4. The number of likely N-dealkylation sites (N-methyl/N-ethyl adjacent to an activating group) is 1. The average molecular weight is 488 g/mol. The van der Waals surface area contributed by atoms with Gasteiger partial charge in [-0.05, 0) is 75.9 Å². The number of nitrogens with one attached hydrogen (secondary N) is 2. The molecule has 1 aliphatic carbocycles. The van der Waals surface area contributed by atoms with Crippen molar-refractivity contribution in [2.75, 3.05) is 37.9 Å². The number of thiophene rings is 1. The van der Waals surface area contributed by atoms with Crippen LogP contribution in [0.25, 0.3) is 0 Å². The summed E-state index contributed by atoms with van der Waals surface area (Å²) < 4.78 is 10.4. The predicted molar refractivity (Wildman–Crippen MR) is 134 cm³/mol. The predicted octanol–water partition coefficient (Wildman–Crippen LogP) is 3.96. The fraction of sp³-hybridized carbons (Fsp3) is 0.480. The van der Waals surface area contributed by atoms with Crippen molar-refractivity contribution in [3.8, 4) is 5.75 Å². The Morgan fingerprint density at radius 2 is 1.91 bits per heavy atom. The lowest BCUT2D eigenvalue weighted by Gasteiger charge is -2.23. The van der Waals surface area contributed by atoms with E-state index in [-0.39, 0.29) is 25.0 Å². The molecule has 34 heavy (non-hydrogen) atoms. The van der Waals surface area contributed by atoms with Gasteiger partial charge in [0.05, 0.1) is 31.9 Å². The molecule has 0 saturated heterocycles. The first-order valence-electron chi connectivity index (χ1n) is 11.5. The van der Waals surface area contributed by atoms with Gasteiger partial charge < -0.3 is 20.1 Å². The number of hydrogen-bond acceptors (Lipinski definition) is 7. The Morgan fingerprint density at radius 3 is 2.56 bits per heavy atom. The minimum Gasteiger partial charge on any atom is -0.497 e. The summed E-state index contributed by atoms with van der Waals surface area (Å²) in [5.74, 6) is 0.327. The van der Waals surface area contributed by atoms with Crippen LogP contribution < -0.4 is 15.4 Å². The summed E-state index contributed by atoms with van der Waals surface area (Å²) in [6.07, 6.45) is 2.70. The van der Waals surface area contributed by atoms with E-state index in [1.807, 2.05) is 0 Å². The molecule has 0 unspecified atom stereocenters. The molecule has 2 aromatic rings. The molecule has 0 radical (unpaired) electrons. The highest BCUT2D eigenvalue weighted by Crippen LogP contribution is 2.40. The van der Waals surface area contributed by atoms with Crippen LogP contribution in [0.1, 0.15) is 48.0 Å². The number of rotatable bonds is 9. The van der Waals surface area contributed by atoms with E-state index < -0.39 is 12.0 Å². The maximum Gasteiger partial charge on any atom is 0.341 e. The van der Waals surface area contributed by atoms with Crippen LogP contribution in [-0.4, -0.2) is 56.0 Å². The minimum atomic E-state index is -0.588. The summed E-state index contributed by atoms with van der Waals surface area (Å²) in [4.78, 5) is 41.0. The Bertz CT molecular complexity index is 1030. The number of esters is 1. The van der Waals surface area contributed by atoms with Crippen molar-refractivity contribution >= 4 is 39.8 Å². The summed E-state index contributed by atoms with van der Waals surface area (Å²) in [7, 11) is 3.29. The highest BCUT2D eigenvalue weighted by molar-refractivity contribution is 7.17. The van der Waals surface area contributed by atoms with Crippen molar-refractivity contribution in [3.63, 3.8) is 0 Å². The van der Waals surface area contributed by atoms with E-state index in [1.165, 1.54) is 11.3 Å². The molecule has 1 aromatic carbocycles. The number of benzene rings is 1. The van der Waals surface area contributed by atoms with E-state index >= 15 is 0 Å². The summed E-state index contributed by atoms with van der Waals surface area (Å²) in [5, 5.41) is 6.28. The third kappa shape index (κ3) is 6.15. The third-order valence-corrected chi connectivity index (χ3v) is 7.21. The van der Waals surface area contributed by atoms with Crippen molar-refractivity contribution in [2.45, 2.75) is 46.1 Å². The molecule has 0 aliphatic heterocycles. The van der Waals surface area contributed by atoms with Gasteiger partial charge in [0.1, 0.15) is 10.8 Å². The zero-order chi connectivity index (χ0) is 24.8. The van der Waals surface area contributed by atoms with Gasteiger partial charge in [0, 0.05) is 10.6 Å². The van der Waals surface area contributed by atoms with E-state index in [1.54, 1.807) is 57.2 Å². The Balaban J connectivity index is 1.66. The second kappa shape index (κ2) is 11.5. The quantitative estimate of drug-likeness (QED) is 0.520. The lowest BCUT2D eigenvalue weighted by Crippen LogP contribution is -2.43. The van der Waals surface area contributed by atoms with Crippen molar-refractivity contribution in [1.82, 2.24) is 4.90 Å². The molecule has 0 spiro atoms. The molecular formula is C25H33N3O5S. The number of amides is 2. The van der Waals surface area contributed by atoms with Crippen LogP contribution in [0.15, 0.2) is 24.3 Å². The first-order valence-corrected chi connectivity index (χ1v) is 12.3. The summed E-state index contributed by atoms with van der Waals surface area (Å²) >= 11 is 1.46. The number of carbonyl (C=O) groups excluding carboxylic acids is 3. The van der Waals surface area contributed by atoms with E-state index in [0.717, 1.165) is 29.7 Å². The highest BCUT2D eigenvalue weighted by atomic mass is 32.1. The molecule has 1 aliphatic rings. The smallest absolute Gasteiger partial charge is 0.341 e. The molecule has 2 atom stereocenters. The Kier molecular flexibility index (Phi) is 8.68. The van der Waals surface area contributed by atoms with Crippen LogP contribution in [0.5, 0.6) is 5.75 Å². The van der Waals surface area contributed by atoms with Crippen LogP contribution >= 0.6 is 11.3 Å². The van der Waals surface area contributed by atoms with Crippen molar-refractivity contribution in [3.05, 3.63) is 40.3 Å². The van der Waals surface area contributed by atoms with Crippen molar-refractivity contribution < 1.29 is 23.9 Å². The van der Waals surface area contributed by atoms with Gasteiger partial charge in [-0.15, -0.1) is 11.3 Å². The molecule has 1 aromatic heterocycles. The summed E-state index contributed by atoms with van der Waals surface area (Å²) in [5.41, 5.74) is 2.12. The minimum absolute atomic E-state index is 0.0316. The van der Waals surface area contributed by atoms with E-state index in [2.05, 4.69) is 17.6 Å². The van der Waals surface area contributed by atoms with Gasteiger partial charge in [-0.3, -0.25) is 14.5 Å². The number of carbonyl (C=O) groups is 3. The fourth-order valence-corrected chi connectivity index (χ4v) is 5.31. The summed E-state index contributed by atoms with van der Waals surface area (Å²) in [6, 6.07) is 6.44. The van der Waals surface area contributed by atoms with Gasteiger partial charge in [0.2, 0.25) is 11.8 Å². The van der Waals surface area contributed by atoms with Crippen LogP contribution in [0.4, 0.5) is 10.7 Å². The van der Waals surface area contributed by atoms with Crippen molar-refractivity contribution in [2.24, 2.45) is 5.92 Å². The molecule has 9 heteroatoms. The van der Waals surface area contributed by atoms with Crippen molar-refractivity contribution in [1.29, 1.82) is 0 Å². The lowest BCUT2D eigenvalue weighted by atomic mass is 9.88. The van der Waals surface area contributed by atoms with Gasteiger partial charge in [0.15, 0.2) is 0 Å². The second-order valence-corrected chi connectivity index (χ2v) is 9.74. The van der Waals surface area contributed by atoms with Crippen LogP contribution in [0, 0.1) is 5.92 Å². The zero-order valence-corrected chi connectivity index (χ0v) is 21.2. The van der Waals surface area contributed by atoms with Gasteiger partial charge in [0.25, 0.3) is 0 Å². The van der Waals surface area contributed by atoms with Gasteiger partial charge >= 0.3 is 5.97 Å². The molecular weight excluding hydrogens is 454 g/mol. The highest BCUT2D eigenvalue weighted by Gasteiger charge is 2.30. The molecule has 8 nitrogen and oxygen atoms in total. The number of ether oxygens (including phenoxy) is 2. The molecule has 0 bridgehead atoms. The van der Waals surface area contributed by atoms with Crippen LogP contribution in [-0.2, 0) is 27.2 Å². The SMILES string of the molecule is CCOC(=O)c1c(NC(=O)[C@H](C)N(C)CC(=O)Nc2ccc(OC)cc2)sc2c1CC[C@H](C)C2.